The van der Waals surface area contributed by atoms with E-state index in [1.54, 1.807) is 0 Å². The molecule has 2 bridgehead atoms. The maximum atomic E-state index is 13.8. The third kappa shape index (κ3) is 2.74. The predicted molar refractivity (Wildman–Crippen MR) is 118 cm³/mol. The highest BCUT2D eigenvalue weighted by atomic mass is 32.1. The van der Waals surface area contributed by atoms with E-state index in [-0.39, 0.29) is 17.5 Å². The molecule has 0 saturated carbocycles. The summed E-state index contributed by atoms with van der Waals surface area (Å²) in [4.78, 5) is 39.2. The molecular weight excluding hydrogens is 396 g/mol. The number of piperidine rings is 3. The van der Waals surface area contributed by atoms with Crippen molar-refractivity contribution in [1.29, 1.82) is 0 Å². The lowest BCUT2D eigenvalue weighted by Crippen LogP contribution is -2.60. The van der Waals surface area contributed by atoms with Gasteiger partial charge in [0.05, 0.1) is 22.6 Å². The zero-order valence-electron chi connectivity index (χ0n) is 17.4. The van der Waals surface area contributed by atoms with Gasteiger partial charge >= 0.3 is 0 Å². The van der Waals surface area contributed by atoms with E-state index in [9.17, 15) is 9.59 Å². The number of likely N-dealkylation sites (tertiary alicyclic amines) is 1. The minimum absolute atomic E-state index is 0.0877. The molecule has 4 atom stereocenters. The quantitative estimate of drug-likeness (QED) is 0.713. The van der Waals surface area contributed by atoms with Gasteiger partial charge in [-0.25, -0.2) is 4.98 Å². The van der Waals surface area contributed by atoms with E-state index in [0.717, 1.165) is 37.5 Å². The van der Waals surface area contributed by atoms with Crippen LogP contribution in [0.4, 0.5) is 0 Å². The molecule has 2 aromatic heterocycles. The lowest BCUT2D eigenvalue weighted by Gasteiger charge is -2.54. The van der Waals surface area contributed by atoms with Crippen LogP contribution in [-0.2, 0) is 0 Å². The molecule has 0 spiro atoms. The van der Waals surface area contributed by atoms with Crippen molar-refractivity contribution in [2.24, 2.45) is 11.8 Å². The highest BCUT2D eigenvalue weighted by Crippen LogP contribution is 2.45. The fraction of sp³-hybridized carbons (Fsp3) is 0.609. The molecule has 1 amide bonds. The number of thiophene rings is 1. The third-order valence-electron chi connectivity index (χ3n) is 7.85. The van der Waals surface area contributed by atoms with E-state index >= 15 is 0 Å². The van der Waals surface area contributed by atoms with Crippen molar-refractivity contribution in [3.63, 3.8) is 0 Å². The van der Waals surface area contributed by atoms with Crippen molar-refractivity contribution in [3.8, 4) is 0 Å². The van der Waals surface area contributed by atoms with Crippen LogP contribution in [0.3, 0.4) is 0 Å². The maximum absolute atomic E-state index is 13.8. The van der Waals surface area contributed by atoms with Crippen LogP contribution >= 0.6 is 11.3 Å². The molecule has 7 heteroatoms. The first kappa shape index (κ1) is 18.8. The summed E-state index contributed by atoms with van der Waals surface area (Å²) in [5.74, 6) is 1.29. The summed E-state index contributed by atoms with van der Waals surface area (Å²) in [6, 6.07) is 0.943. The molecule has 6 nitrogen and oxygen atoms in total. The number of hydrogen-bond donors (Lipinski definition) is 1. The number of nitrogens with one attached hydrogen (secondary N) is 1. The van der Waals surface area contributed by atoms with Gasteiger partial charge in [-0.05, 0) is 63.0 Å². The highest BCUT2D eigenvalue weighted by Gasteiger charge is 2.47. The van der Waals surface area contributed by atoms with Crippen LogP contribution in [0.25, 0.3) is 10.2 Å². The second kappa shape index (κ2) is 7.02. The number of carbonyl (C=O) groups is 1. The standard InChI is InChI=1S/C23H28N4O2S/c1-13-18-21(28)24-12-25-22(18)30-20(13)23(29)27-8-4-5-14-9-15-10-16(19(14)27)11-26-7-3-2-6-17(15)26/h9,12,15-17,19H,2-8,10-11H2,1H3,(H,24,25,28)/t15-,16+,17-,19-/m1/s1. The van der Waals surface area contributed by atoms with Crippen molar-refractivity contribution < 1.29 is 4.79 Å². The summed E-state index contributed by atoms with van der Waals surface area (Å²) < 4.78 is 0. The molecule has 0 aromatic carbocycles. The van der Waals surface area contributed by atoms with Gasteiger partial charge in [0.15, 0.2) is 0 Å². The van der Waals surface area contributed by atoms with Crippen molar-refractivity contribution in [2.45, 2.75) is 57.5 Å². The van der Waals surface area contributed by atoms with Crippen molar-refractivity contribution >= 4 is 27.5 Å². The molecule has 4 aliphatic rings. The van der Waals surface area contributed by atoms with E-state index in [2.05, 4.69) is 25.8 Å². The minimum atomic E-state index is -0.157. The molecule has 5 heterocycles. The number of amides is 1. The van der Waals surface area contributed by atoms with Gasteiger partial charge in [0.25, 0.3) is 11.5 Å². The van der Waals surface area contributed by atoms with Crippen molar-refractivity contribution in [1.82, 2.24) is 19.8 Å². The largest absolute Gasteiger partial charge is 0.331 e. The molecule has 2 aromatic rings. The summed E-state index contributed by atoms with van der Waals surface area (Å²) in [5, 5.41) is 0.566. The fourth-order valence-corrected chi connectivity index (χ4v) is 7.72. The first-order valence-corrected chi connectivity index (χ1v) is 12.2. The molecule has 1 N–H and O–H groups in total. The SMILES string of the molecule is Cc1c(C(=O)N2CCCC3=C[C@@H]4C[C@@H](CN5CCCC[C@H]45)[C@@H]32)sc2nc[nH]c(=O)c12. The minimum Gasteiger partial charge on any atom is -0.331 e. The number of carbonyl (C=O) groups excluding carboxylic acids is 1. The normalized spacial score (nSPS) is 31.2. The van der Waals surface area contributed by atoms with Crippen molar-refractivity contribution in [2.75, 3.05) is 19.6 Å². The van der Waals surface area contributed by atoms with Gasteiger partial charge in [-0.3, -0.25) is 14.5 Å². The van der Waals surface area contributed by atoms with E-state index in [4.69, 9.17) is 0 Å². The monoisotopic (exact) mass is 424 g/mol. The Hall–Kier alpha value is -1.99. The third-order valence-corrected chi connectivity index (χ3v) is 9.03. The molecule has 158 valence electrons. The lowest BCUT2D eigenvalue weighted by molar-refractivity contribution is 0.00160. The molecule has 6 rings (SSSR count). The molecule has 3 fully saturated rings. The number of fused-ring (bicyclic) bond motifs is 7. The summed E-state index contributed by atoms with van der Waals surface area (Å²) in [6.07, 6.45) is 11.3. The molecular formula is C23H28N4O2S. The zero-order valence-corrected chi connectivity index (χ0v) is 18.2. The van der Waals surface area contributed by atoms with E-state index < -0.39 is 0 Å². The van der Waals surface area contributed by atoms with Crippen LogP contribution < -0.4 is 5.56 Å². The number of aromatic amines is 1. The Morgan fingerprint density at radius 3 is 3.03 bits per heavy atom. The van der Waals surface area contributed by atoms with Gasteiger partial charge in [0, 0.05) is 19.1 Å². The van der Waals surface area contributed by atoms with E-state index in [1.807, 2.05) is 6.92 Å². The summed E-state index contributed by atoms with van der Waals surface area (Å²) >= 11 is 1.37. The van der Waals surface area contributed by atoms with Crippen LogP contribution in [-0.4, -0.2) is 57.4 Å². The summed E-state index contributed by atoms with van der Waals surface area (Å²) in [5.41, 5.74) is 2.12. The van der Waals surface area contributed by atoms with Gasteiger partial charge in [-0.1, -0.05) is 18.1 Å². The number of aryl methyl sites for hydroxylation is 1. The van der Waals surface area contributed by atoms with Gasteiger partial charge < -0.3 is 9.88 Å². The molecule has 0 radical (unpaired) electrons. The molecule has 30 heavy (non-hydrogen) atoms. The van der Waals surface area contributed by atoms with Gasteiger partial charge in [0.1, 0.15) is 4.83 Å². The molecule has 3 saturated heterocycles. The average molecular weight is 425 g/mol. The second-order valence-corrected chi connectivity index (χ2v) is 10.5. The number of aromatic nitrogens is 2. The second-order valence-electron chi connectivity index (χ2n) is 9.47. The highest BCUT2D eigenvalue weighted by molar-refractivity contribution is 7.20. The predicted octanol–water partition coefficient (Wildman–Crippen LogP) is 3.33. The molecule has 3 aliphatic heterocycles. The van der Waals surface area contributed by atoms with Crippen LogP contribution in [0, 0.1) is 18.8 Å². The number of rotatable bonds is 1. The average Bonchev–Trinajstić information content (AvgIpc) is 3.10. The Bertz CT molecular complexity index is 1100. The first-order chi connectivity index (χ1) is 14.6. The Kier molecular flexibility index (Phi) is 4.39. The van der Waals surface area contributed by atoms with Gasteiger partial charge in [-0.15, -0.1) is 11.3 Å². The van der Waals surface area contributed by atoms with Crippen molar-refractivity contribution in [3.05, 3.63) is 38.8 Å². The Labute approximate surface area is 180 Å². The molecule has 1 aliphatic carbocycles. The number of nitrogens with zero attached hydrogens (tertiary/aromatic N) is 3. The van der Waals surface area contributed by atoms with E-state index in [0.29, 0.717) is 26.9 Å². The summed E-state index contributed by atoms with van der Waals surface area (Å²) in [7, 11) is 0. The van der Waals surface area contributed by atoms with Crippen LogP contribution in [0.15, 0.2) is 22.8 Å². The molecule has 0 unspecified atom stereocenters. The lowest BCUT2D eigenvalue weighted by atomic mass is 9.68. The van der Waals surface area contributed by atoms with E-state index in [1.165, 1.54) is 55.5 Å². The Balaban J connectivity index is 1.37. The van der Waals surface area contributed by atoms with Gasteiger partial charge in [-0.2, -0.15) is 0 Å². The van der Waals surface area contributed by atoms with Crippen LogP contribution in [0.1, 0.15) is 53.8 Å². The number of hydrogen-bond acceptors (Lipinski definition) is 5. The number of H-pyrrole nitrogens is 1. The first-order valence-electron chi connectivity index (χ1n) is 11.3. The summed E-state index contributed by atoms with van der Waals surface area (Å²) in [6.45, 7) is 5.04. The fourth-order valence-electron chi connectivity index (χ4n) is 6.61. The van der Waals surface area contributed by atoms with Gasteiger partial charge in [0.2, 0.25) is 0 Å². The Morgan fingerprint density at radius 2 is 2.17 bits per heavy atom. The Morgan fingerprint density at radius 1 is 1.27 bits per heavy atom. The van der Waals surface area contributed by atoms with Crippen LogP contribution in [0.5, 0.6) is 0 Å². The maximum Gasteiger partial charge on any atom is 0.264 e. The topological polar surface area (TPSA) is 69.3 Å². The van der Waals surface area contributed by atoms with Crippen LogP contribution in [0.2, 0.25) is 0 Å². The smallest absolute Gasteiger partial charge is 0.264 e. The zero-order chi connectivity index (χ0) is 20.4.